The average Bonchev–Trinajstić information content (AvgIpc) is 2.62. The number of benzene rings is 1. The molecule has 2 aromatic rings. The molecule has 138 valence electrons. The molecule has 1 aliphatic carbocycles. The molecule has 0 spiro atoms. The van der Waals surface area contributed by atoms with Crippen LogP contribution in [0, 0.1) is 0 Å². The summed E-state index contributed by atoms with van der Waals surface area (Å²) in [5, 5.41) is 22.6. The van der Waals surface area contributed by atoms with Crippen molar-refractivity contribution in [1.82, 2.24) is 10.3 Å². The van der Waals surface area contributed by atoms with Crippen LogP contribution in [0.3, 0.4) is 0 Å². The van der Waals surface area contributed by atoms with Gasteiger partial charge in [-0.2, -0.15) is 0 Å². The highest BCUT2D eigenvalue weighted by Crippen LogP contribution is 2.31. The number of hydrogen-bond donors (Lipinski definition) is 3. The van der Waals surface area contributed by atoms with Crippen LogP contribution in [0.4, 0.5) is 0 Å². The molecule has 1 aromatic heterocycles. The predicted octanol–water partition coefficient (Wildman–Crippen LogP) is 2.86. The molecule has 7 heteroatoms. The van der Waals surface area contributed by atoms with Crippen molar-refractivity contribution in [2.75, 3.05) is 6.54 Å². The van der Waals surface area contributed by atoms with E-state index in [0.717, 1.165) is 18.6 Å². The summed E-state index contributed by atoms with van der Waals surface area (Å²) in [6, 6.07) is 5.30. The Bertz CT molecular complexity index is 815. The number of carboxylic acid groups (broad SMARTS) is 1. The highest BCUT2D eigenvalue weighted by Gasteiger charge is 2.18. The zero-order valence-corrected chi connectivity index (χ0v) is 14.4. The monoisotopic (exact) mass is 358 g/mol. The molecule has 26 heavy (non-hydrogen) atoms. The number of hydrogen-bond acceptors (Lipinski definition) is 5. The maximum atomic E-state index is 12.1. The molecule has 0 saturated heterocycles. The summed E-state index contributed by atoms with van der Waals surface area (Å²) in [6.45, 7) is -0.0263. The van der Waals surface area contributed by atoms with Crippen molar-refractivity contribution in [2.45, 2.75) is 44.6 Å². The third-order valence-corrected chi connectivity index (χ3v) is 4.53. The maximum absolute atomic E-state index is 12.1. The number of nitrogens with one attached hydrogen (secondary N) is 1. The number of aromatic hydroxyl groups is 1. The summed E-state index contributed by atoms with van der Waals surface area (Å²) in [6.07, 6.45) is 7.27. The molecule has 7 nitrogen and oxygen atoms in total. The van der Waals surface area contributed by atoms with Crippen LogP contribution in [0.25, 0.3) is 10.8 Å². The first-order valence-electron chi connectivity index (χ1n) is 8.83. The van der Waals surface area contributed by atoms with Gasteiger partial charge in [0.1, 0.15) is 5.75 Å². The van der Waals surface area contributed by atoms with Gasteiger partial charge < -0.3 is 20.3 Å². The molecule has 0 bridgehead atoms. The number of rotatable bonds is 6. The zero-order valence-electron chi connectivity index (χ0n) is 14.4. The minimum absolute atomic E-state index is 0.0263. The summed E-state index contributed by atoms with van der Waals surface area (Å²) in [5.74, 6) is -1.11. The van der Waals surface area contributed by atoms with Crippen LogP contribution in [0.5, 0.6) is 11.5 Å². The molecule has 3 N–H and O–H groups in total. The molecule has 0 atom stereocenters. The zero-order chi connectivity index (χ0) is 18.5. The molecular formula is C19H22N2O5. The quantitative estimate of drug-likeness (QED) is 0.733. The lowest BCUT2D eigenvalue weighted by Gasteiger charge is -2.23. The Morgan fingerprint density at radius 3 is 2.73 bits per heavy atom. The first-order chi connectivity index (χ1) is 12.5. The third kappa shape index (κ3) is 4.22. The van der Waals surface area contributed by atoms with E-state index in [-0.39, 0.29) is 30.5 Å². The van der Waals surface area contributed by atoms with Gasteiger partial charge in [0.25, 0.3) is 5.91 Å². The van der Waals surface area contributed by atoms with E-state index in [1.54, 1.807) is 12.1 Å². The molecule has 1 fully saturated rings. The van der Waals surface area contributed by atoms with Crippen molar-refractivity contribution in [3.63, 3.8) is 0 Å². The lowest BCUT2D eigenvalue weighted by atomic mass is 9.98. The standard InChI is InChI=1S/C19H22N2O5/c22-16(23)8-9-20-19(25)17-18(24)15-7-6-14(10-12(15)11-21-17)26-13-4-2-1-3-5-13/h6-7,10-11,13,24H,1-5,8-9H2,(H,20,25)(H,22,23). The Kier molecular flexibility index (Phi) is 5.55. The van der Waals surface area contributed by atoms with E-state index in [2.05, 4.69) is 10.3 Å². The van der Waals surface area contributed by atoms with Crippen LogP contribution in [0.1, 0.15) is 49.0 Å². The van der Waals surface area contributed by atoms with Crippen LogP contribution in [0.2, 0.25) is 0 Å². The van der Waals surface area contributed by atoms with E-state index in [0.29, 0.717) is 10.8 Å². The second-order valence-electron chi connectivity index (χ2n) is 6.48. The third-order valence-electron chi connectivity index (χ3n) is 4.53. The minimum atomic E-state index is -1.01. The lowest BCUT2D eigenvalue weighted by Crippen LogP contribution is -2.26. The topological polar surface area (TPSA) is 109 Å². The molecule has 3 rings (SSSR count). The van der Waals surface area contributed by atoms with Gasteiger partial charge in [-0.25, -0.2) is 4.98 Å². The fraction of sp³-hybridized carbons (Fsp3) is 0.421. The SMILES string of the molecule is O=C(O)CCNC(=O)c1ncc2cc(OC3CCCCC3)ccc2c1O. The molecule has 0 unspecified atom stereocenters. The molecule has 0 radical (unpaired) electrons. The fourth-order valence-electron chi connectivity index (χ4n) is 3.17. The van der Waals surface area contributed by atoms with Crippen molar-refractivity contribution < 1.29 is 24.5 Å². The van der Waals surface area contributed by atoms with Gasteiger partial charge in [0.05, 0.1) is 12.5 Å². The molecular weight excluding hydrogens is 336 g/mol. The van der Waals surface area contributed by atoms with E-state index in [4.69, 9.17) is 9.84 Å². The smallest absolute Gasteiger partial charge is 0.305 e. The largest absolute Gasteiger partial charge is 0.505 e. The van der Waals surface area contributed by atoms with Crippen LogP contribution in [0.15, 0.2) is 24.4 Å². The van der Waals surface area contributed by atoms with Crippen molar-refractivity contribution in [3.05, 3.63) is 30.1 Å². The van der Waals surface area contributed by atoms with Crippen molar-refractivity contribution in [2.24, 2.45) is 0 Å². The number of aliphatic carboxylic acids is 1. The number of fused-ring (bicyclic) bond motifs is 1. The van der Waals surface area contributed by atoms with Crippen LogP contribution >= 0.6 is 0 Å². The Labute approximate surface area is 151 Å². The van der Waals surface area contributed by atoms with Gasteiger partial charge in [0, 0.05) is 23.5 Å². The summed E-state index contributed by atoms with van der Waals surface area (Å²) in [7, 11) is 0. The number of carbonyl (C=O) groups is 2. The number of pyridine rings is 1. The first-order valence-corrected chi connectivity index (χ1v) is 8.83. The van der Waals surface area contributed by atoms with Crippen LogP contribution < -0.4 is 10.1 Å². The summed E-state index contributed by atoms with van der Waals surface area (Å²) in [4.78, 5) is 26.6. The molecule has 1 aliphatic rings. The van der Waals surface area contributed by atoms with Gasteiger partial charge in [0.2, 0.25) is 0 Å². The minimum Gasteiger partial charge on any atom is -0.505 e. The van der Waals surface area contributed by atoms with Gasteiger partial charge in [-0.1, -0.05) is 6.42 Å². The fourth-order valence-corrected chi connectivity index (χ4v) is 3.17. The second kappa shape index (κ2) is 8.03. The molecule has 1 amide bonds. The number of carbonyl (C=O) groups excluding carboxylic acids is 1. The van der Waals surface area contributed by atoms with E-state index in [9.17, 15) is 14.7 Å². The van der Waals surface area contributed by atoms with E-state index < -0.39 is 11.9 Å². The molecule has 1 saturated carbocycles. The maximum Gasteiger partial charge on any atom is 0.305 e. The van der Waals surface area contributed by atoms with Gasteiger partial charge >= 0.3 is 5.97 Å². The highest BCUT2D eigenvalue weighted by molar-refractivity contribution is 6.01. The van der Waals surface area contributed by atoms with Crippen molar-refractivity contribution >= 4 is 22.6 Å². The van der Waals surface area contributed by atoms with Crippen LogP contribution in [-0.2, 0) is 4.79 Å². The lowest BCUT2D eigenvalue weighted by molar-refractivity contribution is -0.136. The predicted molar refractivity (Wildman–Crippen MR) is 95.5 cm³/mol. The van der Waals surface area contributed by atoms with Crippen LogP contribution in [-0.4, -0.2) is 39.7 Å². The highest BCUT2D eigenvalue weighted by atomic mass is 16.5. The average molecular weight is 358 g/mol. The van der Waals surface area contributed by atoms with E-state index in [1.807, 2.05) is 6.07 Å². The number of amides is 1. The van der Waals surface area contributed by atoms with Crippen molar-refractivity contribution in [1.29, 1.82) is 0 Å². The normalized spacial score (nSPS) is 14.9. The Balaban J connectivity index is 1.75. The Hall–Kier alpha value is -2.83. The number of carboxylic acids is 1. The second-order valence-corrected chi connectivity index (χ2v) is 6.48. The van der Waals surface area contributed by atoms with Gasteiger partial charge in [-0.05, 0) is 43.9 Å². The molecule has 0 aliphatic heterocycles. The first kappa shape index (κ1) is 18.0. The Morgan fingerprint density at radius 1 is 1.23 bits per heavy atom. The van der Waals surface area contributed by atoms with Crippen molar-refractivity contribution in [3.8, 4) is 11.5 Å². The Morgan fingerprint density at radius 2 is 2.00 bits per heavy atom. The summed E-state index contributed by atoms with van der Waals surface area (Å²) < 4.78 is 6.01. The summed E-state index contributed by atoms with van der Waals surface area (Å²) >= 11 is 0. The van der Waals surface area contributed by atoms with Gasteiger partial charge in [-0.3, -0.25) is 9.59 Å². The summed E-state index contributed by atoms with van der Waals surface area (Å²) in [5.41, 5.74) is -0.121. The number of aromatic nitrogens is 1. The van der Waals surface area contributed by atoms with E-state index in [1.165, 1.54) is 25.5 Å². The van der Waals surface area contributed by atoms with Gasteiger partial charge in [0.15, 0.2) is 11.4 Å². The molecule has 1 aromatic carbocycles. The van der Waals surface area contributed by atoms with E-state index >= 15 is 0 Å². The number of nitrogens with zero attached hydrogens (tertiary/aromatic N) is 1. The number of ether oxygens (including phenoxy) is 1. The van der Waals surface area contributed by atoms with Gasteiger partial charge in [-0.15, -0.1) is 0 Å². The molecule has 1 heterocycles.